The van der Waals surface area contributed by atoms with Crippen LogP contribution in [0.3, 0.4) is 0 Å². The molecule has 1 saturated carbocycles. The molecule has 1 aliphatic carbocycles. The van der Waals surface area contributed by atoms with Gasteiger partial charge in [-0.15, -0.1) is 0 Å². The van der Waals surface area contributed by atoms with Gasteiger partial charge in [0.25, 0.3) is 0 Å². The van der Waals surface area contributed by atoms with Gasteiger partial charge in [0.2, 0.25) is 0 Å². The van der Waals surface area contributed by atoms with Crippen LogP contribution < -0.4 is 0 Å². The molecule has 2 fully saturated rings. The monoisotopic (exact) mass is 356 g/mol. The normalized spacial score (nSPS) is 32.0. The van der Waals surface area contributed by atoms with Crippen molar-refractivity contribution in [2.45, 2.75) is 69.4 Å². The molecule has 4 heteroatoms. The van der Waals surface area contributed by atoms with Gasteiger partial charge in [0, 0.05) is 0 Å². The maximum Gasteiger partial charge on any atom is 0.159 e. The maximum atomic E-state index is 13.4. The third-order valence-corrected chi connectivity index (χ3v) is 9.25. The fourth-order valence-corrected chi connectivity index (χ4v) is 7.14. The quantitative estimate of drug-likeness (QED) is 0.433. The van der Waals surface area contributed by atoms with E-state index in [-0.39, 0.29) is 0 Å². The van der Waals surface area contributed by atoms with Gasteiger partial charge in [0.05, 0.1) is 0 Å². The molecule has 0 aromatic heterocycles. The van der Waals surface area contributed by atoms with E-state index in [9.17, 15) is 8.78 Å². The Morgan fingerprint density at radius 1 is 0.870 bits per heavy atom. The zero-order valence-corrected chi connectivity index (χ0v) is 15.7. The van der Waals surface area contributed by atoms with Gasteiger partial charge in [-0.1, -0.05) is 31.7 Å². The Balaban J connectivity index is 1.42. The summed E-state index contributed by atoms with van der Waals surface area (Å²) in [6.45, 7) is 0. The van der Waals surface area contributed by atoms with Crippen molar-refractivity contribution < 1.29 is 8.78 Å². The molecule has 1 heterocycles. The SMILES string of the molecule is Fc1ccc([C@H]2CC[C@H](CCC3CC[SiH](Cl)CC3)CC2)cc1F. The predicted molar refractivity (Wildman–Crippen MR) is 95.6 cm³/mol. The molecule has 1 aliphatic heterocycles. The van der Waals surface area contributed by atoms with E-state index in [1.54, 1.807) is 6.07 Å². The minimum Gasteiger partial charge on any atom is -0.204 e. The molecule has 0 bridgehead atoms. The topological polar surface area (TPSA) is 0 Å². The summed E-state index contributed by atoms with van der Waals surface area (Å²) in [4.78, 5) is 0. The molecule has 0 unspecified atom stereocenters. The molecule has 0 nitrogen and oxygen atoms in total. The summed E-state index contributed by atoms with van der Waals surface area (Å²) in [6, 6.07) is 7.09. The highest BCUT2D eigenvalue weighted by atomic mass is 35.6. The van der Waals surface area contributed by atoms with Gasteiger partial charge >= 0.3 is 0 Å². The van der Waals surface area contributed by atoms with Crippen molar-refractivity contribution >= 4 is 19.2 Å². The summed E-state index contributed by atoms with van der Waals surface area (Å²) in [6.07, 6.45) is 10.2. The van der Waals surface area contributed by atoms with Crippen LogP contribution in [0.1, 0.15) is 62.8 Å². The van der Waals surface area contributed by atoms with Gasteiger partial charge < -0.3 is 0 Å². The maximum absolute atomic E-state index is 13.4. The molecular weight excluding hydrogens is 330 g/mol. The number of rotatable bonds is 4. The predicted octanol–water partition coefficient (Wildman–Crippen LogP) is 6.39. The first-order chi connectivity index (χ1) is 11.1. The Bertz CT molecular complexity index is 506. The molecule has 128 valence electrons. The third-order valence-electron chi connectivity index (χ3n) is 6.02. The first kappa shape index (κ1) is 17.4. The Morgan fingerprint density at radius 2 is 1.48 bits per heavy atom. The van der Waals surface area contributed by atoms with Crippen LogP contribution in [0.5, 0.6) is 0 Å². The zero-order valence-electron chi connectivity index (χ0n) is 13.7. The summed E-state index contributed by atoms with van der Waals surface area (Å²) in [7, 11) is -0.828. The van der Waals surface area contributed by atoms with Gasteiger partial charge in [-0.3, -0.25) is 0 Å². The van der Waals surface area contributed by atoms with E-state index in [4.69, 9.17) is 11.1 Å². The minimum absolute atomic E-state index is 0.416. The average Bonchev–Trinajstić information content (AvgIpc) is 2.57. The van der Waals surface area contributed by atoms with E-state index in [2.05, 4.69) is 0 Å². The van der Waals surface area contributed by atoms with Crippen molar-refractivity contribution in [3.8, 4) is 0 Å². The number of hydrogen-bond acceptors (Lipinski definition) is 0. The third kappa shape index (κ3) is 4.79. The van der Waals surface area contributed by atoms with Crippen molar-refractivity contribution in [2.24, 2.45) is 11.8 Å². The van der Waals surface area contributed by atoms with E-state index < -0.39 is 19.7 Å². The van der Waals surface area contributed by atoms with Crippen LogP contribution in [0.15, 0.2) is 18.2 Å². The molecule has 0 spiro atoms. The van der Waals surface area contributed by atoms with Crippen LogP contribution in [0.2, 0.25) is 12.1 Å². The van der Waals surface area contributed by atoms with E-state index >= 15 is 0 Å². The molecular formula is C19H27ClF2Si. The molecule has 0 radical (unpaired) electrons. The highest BCUT2D eigenvalue weighted by molar-refractivity contribution is 7.07. The summed E-state index contributed by atoms with van der Waals surface area (Å²) in [5.74, 6) is 0.725. The van der Waals surface area contributed by atoms with E-state index in [1.807, 2.05) is 0 Å². The second-order valence-electron chi connectivity index (χ2n) is 7.59. The Labute approximate surface area is 144 Å². The van der Waals surface area contributed by atoms with Crippen molar-refractivity contribution in [3.05, 3.63) is 35.4 Å². The largest absolute Gasteiger partial charge is 0.204 e. The average molecular weight is 357 g/mol. The van der Waals surface area contributed by atoms with Crippen molar-refractivity contribution in [2.75, 3.05) is 0 Å². The van der Waals surface area contributed by atoms with Gasteiger partial charge in [-0.25, -0.2) is 8.78 Å². The van der Waals surface area contributed by atoms with Gasteiger partial charge in [0.15, 0.2) is 11.6 Å². The Hall–Kier alpha value is -0.413. The lowest BCUT2D eigenvalue weighted by Crippen LogP contribution is -2.18. The highest BCUT2D eigenvalue weighted by Crippen LogP contribution is 2.39. The van der Waals surface area contributed by atoms with E-state index in [0.29, 0.717) is 5.92 Å². The van der Waals surface area contributed by atoms with Crippen LogP contribution >= 0.6 is 11.1 Å². The first-order valence-electron chi connectivity index (χ1n) is 9.21. The van der Waals surface area contributed by atoms with Gasteiger partial charge in [0.1, 0.15) is 8.11 Å². The smallest absolute Gasteiger partial charge is 0.159 e. The molecule has 1 aromatic carbocycles. The summed E-state index contributed by atoms with van der Waals surface area (Å²) >= 11 is 6.31. The standard InChI is InChI=1S/C19H27ClF2Si/c20-23-11-9-15(10-12-23)2-1-14-3-5-16(6-4-14)17-7-8-18(21)19(22)13-17/h7-8,13-16,23H,1-6,9-12H2/t14-,15?,16-,23?. The lowest BCUT2D eigenvalue weighted by atomic mass is 9.76. The van der Waals surface area contributed by atoms with Crippen LogP contribution in [0.4, 0.5) is 8.78 Å². The van der Waals surface area contributed by atoms with Gasteiger partial charge in [-0.2, -0.15) is 11.1 Å². The molecule has 2 aliphatic rings. The number of hydrogen-bond donors (Lipinski definition) is 0. The van der Waals surface area contributed by atoms with Crippen molar-refractivity contribution in [3.63, 3.8) is 0 Å². The zero-order chi connectivity index (χ0) is 16.2. The summed E-state index contributed by atoms with van der Waals surface area (Å²) in [5.41, 5.74) is 0.979. The Kier molecular flexibility index (Phi) is 6.14. The van der Waals surface area contributed by atoms with Crippen LogP contribution in [0.25, 0.3) is 0 Å². The second-order valence-corrected chi connectivity index (χ2v) is 11.8. The molecule has 1 aromatic rings. The number of benzene rings is 1. The van der Waals surface area contributed by atoms with E-state index in [0.717, 1.165) is 30.2 Å². The molecule has 0 atom stereocenters. The molecule has 23 heavy (non-hydrogen) atoms. The van der Waals surface area contributed by atoms with Crippen molar-refractivity contribution in [1.82, 2.24) is 0 Å². The molecule has 3 rings (SSSR count). The second kappa shape index (κ2) is 8.11. The van der Waals surface area contributed by atoms with Crippen LogP contribution in [-0.2, 0) is 0 Å². The first-order valence-corrected chi connectivity index (χ1v) is 12.6. The summed E-state index contributed by atoms with van der Waals surface area (Å²) in [5, 5.41) is 0. The molecule has 0 N–H and O–H groups in total. The summed E-state index contributed by atoms with van der Waals surface area (Å²) < 4.78 is 26.4. The lowest BCUT2D eigenvalue weighted by molar-refractivity contribution is 0.280. The molecule has 1 saturated heterocycles. The number of halogens is 3. The minimum atomic E-state index is -0.828. The highest BCUT2D eigenvalue weighted by Gasteiger charge is 2.25. The lowest BCUT2D eigenvalue weighted by Gasteiger charge is -2.31. The van der Waals surface area contributed by atoms with E-state index in [1.165, 1.54) is 62.7 Å². The Morgan fingerprint density at radius 3 is 2.09 bits per heavy atom. The fraction of sp³-hybridized carbons (Fsp3) is 0.684. The van der Waals surface area contributed by atoms with Crippen LogP contribution in [-0.4, -0.2) is 8.11 Å². The molecule has 0 amide bonds. The van der Waals surface area contributed by atoms with Crippen molar-refractivity contribution in [1.29, 1.82) is 0 Å². The fourth-order valence-electron chi connectivity index (χ4n) is 4.43. The van der Waals surface area contributed by atoms with Crippen LogP contribution in [0, 0.1) is 23.5 Å². The van der Waals surface area contributed by atoms with Gasteiger partial charge in [-0.05, 0) is 73.2 Å².